The number of hydrogen-bond acceptors (Lipinski definition) is 4. The Hall–Kier alpha value is -1.73. The van der Waals surface area contributed by atoms with Crippen molar-refractivity contribution in [3.8, 4) is 0 Å². The third-order valence-electron chi connectivity index (χ3n) is 2.17. The van der Waals surface area contributed by atoms with E-state index in [9.17, 15) is 18.0 Å². The Morgan fingerprint density at radius 3 is 2.94 bits per heavy atom. The third-order valence-corrected chi connectivity index (χ3v) is 2.17. The molecule has 1 aliphatic heterocycles. The van der Waals surface area contributed by atoms with E-state index >= 15 is 0 Å². The lowest BCUT2D eigenvalue weighted by Crippen LogP contribution is -2.30. The molecular weight excluding hydrogens is 227 g/mol. The number of alkyl halides is 3. The van der Waals surface area contributed by atoms with E-state index in [4.69, 9.17) is 4.52 Å². The maximum Gasteiger partial charge on any atom is 0.471 e. The number of anilines is 2. The summed E-state index contributed by atoms with van der Waals surface area (Å²) in [6, 6.07) is 0. The molecule has 1 amide bonds. The average Bonchev–Trinajstić information content (AvgIpc) is 2.61. The summed E-state index contributed by atoms with van der Waals surface area (Å²) < 4.78 is 40.7. The molecule has 1 aliphatic rings. The molecule has 8 heteroatoms. The van der Waals surface area contributed by atoms with Crippen LogP contribution in [0.5, 0.6) is 0 Å². The molecule has 88 valence electrons. The molecule has 2 N–H and O–H groups in total. The number of carbonyl (C=O) groups excluding carboxylic acids is 1. The summed E-state index contributed by atoms with van der Waals surface area (Å²) in [5, 5.41) is 7.90. The van der Waals surface area contributed by atoms with Gasteiger partial charge in [0.25, 0.3) is 0 Å². The van der Waals surface area contributed by atoms with E-state index in [0.717, 1.165) is 6.42 Å². The topological polar surface area (TPSA) is 67.2 Å². The smallest absolute Gasteiger partial charge is 0.354 e. The van der Waals surface area contributed by atoms with Crippen molar-refractivity contribution in [3.63, 3.8) is 0 Å². The van der Waals surface area contributed by atoms with Crippen LogP contribution in [0.15, 0.2) is 4.52 Å². The van der Waals surface area contributed by atoms with Gasteiger partial charge in [-0.05, 0) is 12.8 Å². The monoisotopic (exact) mass is 235 g/mol. The first-order valence-electron chi connectivity index (χ1n) is 4.59. The Labute approximate surface area is 88.0 Å². The standard InChI is InChI=1S/C8H8F3N3O2/c9-8(10,11)7(15)13-5-4-2-1-3-12-6(4)16-14-5/h12H,1-3H2,(H,13,14,15). The number of hydrogen-bond donors (Lipinski definition) is 2. The van der Waals surface area contributed by atoms with Gasteiger partial charge in [-0.3, -0.25) is 10.1 Å². The molecule has 1 aromatic heterocycles. The highest BCUT2D eigenvalue weighted by Crippen LogP contribution is 2.29. The minimum absolute atomic E-state index is 0.162. The van der Waals surface area contributed by atoms with E-state index in [0.29, 0.717) is 24.4 Å². The van der Waals surface area contributed by atoms with Gasteiger partial charge >= 0.3 is 12.1 Å². The van der Waals surface area contributed by atoms with Gasteiger partial charge in [0, 0.05) is 6.54 Å². The number of nitrogens with zero attached hydrogens (tertiary/aromatic N) is 1. The van der Waals surface area contributed by atoms with Crippen LogP contribution in [0.2, 0.25) is 0 Å². The SMILES string of the molecule is O=C(Nc1noc2c1CCCN2)C(F)(F)F. The highest BCUT2D eigenvalue weighted by Gasteiger charge is 2.39. The molecule has 5 nitrogen and oxygen atoms in total. The number of aromatic nitrogens is 1. The fourth-order valence-corrected chi connectivity index (χ4v) is 1.42. The van der Waals surface area contributed by atoms with Crippen molar-refractivity contribution in [2.45, 2.75) is 19.0 Å². The van der Waals surface area contributed by atoms with E-state index in [1.54, 1.807) is 5.32 Å². The van der Waals surface area contributed by atoms with Crippen LogP contribution >= 0.6 is 0 Å². The molecule has 2 rings (SSSR count). The molecule has 0 fully saturated rings. The van der Waals surface area contributed by atoms with Crippen LogP contribution < -0.4 is 10.6 Å². The predicted octanol–water partition coefficient (Wildman–Crippen LogP) is 1.53. The summed E-state index contributed by atoms with van der Waals surface area (Å²) >= 11 is 0. The van der Waals surface area contributed by atoms with Crippen LogP contribution in [0.4, 0.5) is 24.9 Å². The first kappa shape index (κ1) is 10.8. The zero-order chi connectivity index (χ0) is 11.8. The maximum atomic E-state index is 12.0. The number of nitrogens with one attached hydrogen (secondary N) is 2. The van der Waals surface area contributed by atoms with E-state index in [2.05, 4.69) is 10.5 Å². The second-order valence-corrected chi connectivity index (χ2v) is 3.32. The maximum absolute atomic E-state index is 12.0. The summed E-state index contributed by atoms with van der Waals surface area (Å²) in [6.45, 7) is 0.675. The van der Waals surface area contributed by atoms with E-state index in [1.807, 2.05) is 0 Å². The lowest BCUT2D eigenvalue weighted by molar-refractivity contribution is -0.167. The second kappa shape index (κ2) is 3.69. The predicted molar refractivity (Wildman–Crippen MR) is 48.0 cm³/mol. The third kappa shape index (κ3) is 1.95. The van der Waals surface area contributed by atoms with E-state index in [1.165, 1.54) is 0 Å². The lowest BCUT2D eigenvalue weighted by atomic mass is 10.1. The molecule has 0 spiro atoms. The minimum Gasteiger partial charge on any atom is -0.354 e. The molecule has 0 aliphatic carbocycles. The number of rotatable bonds is 1. The van der Waals surface area contributed by atoms with Gasteiger partial charge in [-0.15, -0.1) is 0 Å². The van der Waals surface area contributed by atoms with Crippen molar-refractivity contribution >= 4 is 17.6 Å². The first-order chi connectivity index (χ1) is 7.48. The van der Waals surface area contributed by atoms with Gasteiger partial charge < -0.3 is 9.84 Å². The molecular formula is C8H8F3N3O2. The molecule has 0 radical (unpaired) electrons. The second-order valence-electron chi connectivity index (χ2n) is 3.32. The zero-order valence-electron chi connectivity index (χ0n) is 8.02. The molecule has 0 saturated heterocycles. The van der Waals surface area contributed by atoms with Crippen LogP contribution in [-0.4, -0.2) is 23.8 Å². The molecule has 0 bridgehead atoms. The van der Waals surface area contributed by atoms with Crippen molar-refractivity contribution in [1.82, 2.24) is 5.16 Å². The quantitative estimate of drug-likeness (QED) is 0.774. The van der Waals surface area contributed by atoms with E-state index < -0.39 is 12.1 Å². The summed E-state index contributed by atoms with van der Waals surface area (Å²) in [5.41, 5.74) is 0.476. The van der Waals surface area contributed by atoms with Gasteiger partial charge in [-0.25, -0.2) is 0 Å². The Bertz CT molecular complexity index is 413. The summed E-state index contributed by atoms with van der Waals surface area (Å²) in [6.07, 6.45) is -3.64. The van der Waals surface area contributed by atoms with Gasteiger partial charge in [0.05, 0.1) is 5.56 Å². The number of amides is 1. The zero-order valence-corrected chi connectivity index (χ0v) is 8.02. The first-order valence-corrected chi connectivity index (χ1v) is 4.59. The van der Waals surface area contributed by atoms with Crippen molar-refractivity contribution in [2.75, 3.05) is 17.2 Å². The lowest BCUT2D eigenvalue weighted by Gasteiger charge is -2.12. The number of halogens is 3. The molecule has 0 aromatic carbocycles. The van der Waals surface area contributed by atoms with Gasteiger partial charge in [-0.2, -0.15) is 13.2 Å². The van der Waals surface area contributed by atoms with Gasteiger partial charge in [-0.1, -0.05) is 5.16 Å². The highest BCUT2D eigenvalue weighted by molar-refractivity contribution is 5.95. The van der Waals surface area contributed by atoms with Crippen molar-refractivity contribution in [3.05, 3.63) is 5.56 Å². The minimum atomic E-state index is -4.92. The van der Waals surface area contributed by atoms with Crippen LogP contribution in [0.25, 0.3) is 0 Å². The highest BCUT2D eigenvalue weighted by atomic mass is 19.4. The van der Waals surface area contributed by atoms with Crippen LogP contribution in [0, 0.1) is 0 Å². The summed E-state index contributed by atoms with van der Waals surface area (Å²) in [4.78, 5) is 10.7. The summed E-state index contributed by atoms with van der Waals surface area (Å²) in [5.74, 6) is -1.89. The van der Waals surface area contributed by atoms with Crippen LogP contribution in [0.1, 0.15) is 12.0 Å². The Morgan fingerprint density at radius 2 is 2.25 bits per heavy atom. The summed E-state index contributed by atoms with van der Waals surface area (Å²) in [7, 11) is 0. The normalized spacial score (nSPS) is 15.2. The van der Waals surface area contributed by atoms with Crippen molar-refractivity contribution < 1.29 is 22.5 Å². The Morgan fingerprint density at radius 1 is 1.50 bits per heavy atom. The molecule has 16 heavy (non-hydrogen) atoms. The van der Waals surface area contributed by atoms with Gasteiger partial charge in [0.2, 0.25) is 5.88 Å². The van der Waals surface area contributed by atoms with Crippen molar-refractivity contribution in [1.29, 1.82) is 0 Å². The largest absolute Gasteiger partial charge is 0.471 e. The van der Waals surface area contributed by atoms with Crippen LogP contribution in [0.3, 0.4) is 0 Å². The fraction of sp³-hybridized carbons (Fsp3) is 0.500. The average molecular weight is 235 g/mol. The number of carbonyl (C=O) groups is 1. The van der Waals surface area contributed by atoms with Crippen molar-refractivity contribution in [2.24, 2.45) is 0 Å². The van der Waals surface area contributed by atoms with Gasteiger partial charge in [0.15, 0.2) is 5.82 Å². The van der Waals surface area contributed by atoms with Gasteiger partial charge in [0.1, 0.15) is 0 Å². The molecule has 0 atom stereocenters. The van der Waals surface area contributed by atoms with E-state index in [-0.39, 0.29) is 5.82 Å². The number of fused-ring (bicyclic) bond motifs is 1. The fourth-order valence-electron chi connectivity index (χ4n) is 1.42. The molecule has 0 saturated carbocycles. The van der Waals surface area contributed by atoms with Crippen LogP contribution in [-0.2, 0) is 11.2 Å². The Kier molecular flexibility index (Phi) is 2.49. The molecule has 2 heterocycles. The Balaban J connectivity index is 2.16. The molecule has 1 aromatic rings. The molecule has 0 unspecified atom stereocenters.